The highest BCUT2D eigenvalue weighted by molar-refractivity contribution is 6.77. The zero-order chi connectivity index (χ0) is 26.9. The summed E-state index contributed by atoms with van der Waals surface area (Å²) in [5.74, 6) is 0. The smallest absolute Gasteiger partial charge is 0.334 e. The van der Waals surface area contributed by atoms with Crippen LogP contribution in [0.2, 0.25) is 88.1 Å². The quantitative estimate of drug-likeness (QED) is 0.216. The van der Waals surface area contributed by atoms with Gasteiger partial charge in [0.25, 0.3) is 0 Å². The summed E-state index contributed by atoms with van der Waals surface area (Å²) in [4.78, 5) is 0. The van der Waals surface area contributed by atoms with Gasteiger partial charge in [0.15, 0.2) is 9.04 Å². The molecule has 0 radical (unpaired) electrons. The van der Waals surface area contributed by atoms with Gasteiger partial charge < -0.3 is 13.3 Å². The van der Waals surface area contributed by atoms with Gasteiger partial charge in [-0.05, 0) is 25.2 Å². The lowest BCUT2D eigenvalue weighted by Gasteiger charge is -2.19. The van der Waals surface area contributed by atoms with E-state index in [1.165, 1.54) is 36.3 Å². The van der Waals surface area contributed by atoms with Crippen molar-refractivity contribution in [3.8, 4) is 0 Å². The molecule has 0 spiro atoms. The normalized spacial score (nSPS) is 9.82. The molecule has 1 unspecified atom stereocenters. The summed E-state index contributed by atoms with van der Waals surface area (Å²) in [6.07, 6.45) is 0. The van der Waals surface area contributed by atoms with Crippen LogP contribution >= 0.6 is 0 Å². The van der Waals surface area contributed by atoms with Crippen molar-refractivity contribution < 1.29 is 13.3 Å². The van der Waals surface area contributed by atoms with Gasteiger partial charge in [-0.15, -0.1) is 0 Å². The van der Waals surface area contributed by atoms with Crippen LogP contribution in [0.4, 0.5) is 0 Å². The van der Waals surface area contributed by atoms with Crippen LogP contribution in [0.1, 0.15) is 108 Å². The largest absolute Gasteiger partial charge is 0.423 e. The first-order chi connectivity index (χ1) is 14.6. The predicted molar refractivity (Wildman–Crippen MR) is 222 cm³/mol. The molecule has 0 aromatic carbocycles. The molecule has 0 saturated heterocycles. The second-order valence-electron chi connectivity index (χ2n) is 10.1. The molecule has 40 heavy (non-hydrogen) atoms. The van der Waals surface area contributed by atoms with E-state index in [4.69, 9.17) is 13.3 Å². The molecule has 0 aliphatic carbocycles. The third-order valence-electron chi connectivity index (χ3n) is 6.81. The zero-order valence-corrected chi connectivity index (χ0v) is 31.5. The third kappa shape index (κ3) is 77.2. The van der Waals surface area contributed by atoms with Gasteiger partial charge in [-0.2, -0.15) is 0 Å². The molecule has 0 heterocycles. The molecular weight excluding hydrogens is 573 g/mol. The highest BCUT2D eigenvalue weighted by atomic mass is 28.4. The minimum Gasteiger partial charge on any atom is -0.423 e. The van der Waals surface area contributed by atoms with E-state index in [0.717, 1.165) is 6.04 Å². The first-order valence-electron chi connectivity index (χ1n) is 13.3. The van der Waals surface area contributed by atoms with Crippen molar-refractivity contribution in [1.82, 2.24) is 0 Å². The van der Waals surface area contributed by atoms with Crippen LogP contribution in [0.15, 0.2) is 0 Å². The summed E-state index contributed by atoms with van der Waals surface area (Å²) < 4.78 is 15.3. The molecule has 1 atom stereocenters. The molecule has 0 amide bonds. The van der Waals surface area contributed by atoms with Gasteiger partial charge in [0.05, 0.1) is 0 Å². The van der Waals surface area contributed by atoms with E-state index in [9.17, 15) is 0 Å². The first-order valence-corrected chi connectivity index (χ1v) is 27.5. The fourth-order valence-electron chi connectivity index (χ4n) is 1.04. The lowest BCUT2D eigenvalue weighted by Crippen LogP contribution is -2.34. The maximum Gasteiger partial charge on any atom is 0.334 e. The van der Waals surface area contributed by atoms with Crippen molar-refractivity contribution in [3.05, 3.63) is 0 Å². The summed E-state index contributed by atoms with van der Waals surface area (Å²) in [7, 11) is 2.00. The van der Waals surface area contributed by atoms with Crippen molar-refractivity contribution in [2.75, 3.05) is 21.3 Å². The fraction of sp³-hybridized carbons (Fsp3) is 1.00. The van der Waals surface area contributed by atoms with Crippen molar-refractivity contribution in [1.29, 1.82) is 0 Å². The van der Waals surface area contributed by atoms with Crippen LogP contribution in [0.5, 0.6) is 0 Å². The molecule has 0 aromatic heterocycles. The molecule has 0 rings (SSSR count). The van der Waals surface area contributed by atoms with Crippen molar-refractivity contribution >= 4 is 43.3 Å². The summed E-state index contributed by atoms with van der Waals surface area (Å²) in [5.41, 5.74) is 0. The van der Waals surface area contributed by atoms with Crippen LogP contribution in [0.25, 0.3) is 0 Å². The number of hydrogen-bond acceptors (Lipinski definition) is 3. The van der Waals surface area contributed by atoms with Crippen molar-refractivity contribution in [3.63, 3.8) is 0 Å². The second kappa shape index (κ2) is 55.8. The van der Waals surface area contributed by atoms with E-state index in [-0.39, 0.29) is 59.4 Å². The number of rotatable bonds is 10. The molecule has 0 bridgehead atoms. The summed E-state index contributed by atoms with van der Waals surface area (Å²) >= 11 is 0. The Morgan fingerprint density at radius 1 is 0.525 bits per heavy atom. The van der Waals surface area contributed by atoms with Crippen LogP contribution < -0.4 is 0 Å². The molecule has 0 fully saturated rings. The van der Waals surface area contributed by atoms with Crippen LogP contribution in [-0.2, 0) is 13.3 Å². The minimum atomic E-state index is -1.67. The molecule has 0 N–H and O–H groups in total. The van der Waals surface area contributed by atoms with Gasteiger partial charge in [0.2, 0.25) is 0 Å². The molecule has 0 aliphatic heterocycles. The molecule has 0 saturated carbocycles. The molecule has 8 heteroatoms. The van der Waals surface area contributed by atoms with Crippen LogP contribution in [-0.4, -0.2) is 64.6 Å². The summed E-state index contributed by atoms with van der Waals surface area (Å²) in [6, 6.07) is 9.45. The average Bonchev–Trinajstić information content (AvgIpc) is 2.84. The predicted octanol–water partition coefficient (Wildman–Crippen LogP) is 13.6. The van der Waals surface area contributed by atoms with E-state index in [2.05, 4.69) is 87.7 Å². The Kier molecular flexibility index (Phi) is 117. The molecule has 266 valence electrons. The molecule has 0 aromatic rings. The zero-order valence-electron chi connectivity index (χ0n) is 26.0. The van der Waals surface area contributed by atoms with Crippen LogP contribution in [0.3, 0.4) is 0 Å². The Morgan fingerprint density at radius 3 is 0.750 bits per heavy atom. The Balaban J connectivity index is -0.0000000200. The topological polar surface area (TPSA) is 27.7 Å². The van der Waals surface area contributed by atoms with E-state index in [1.807, 2.05) is 6.55 Å². The second-order valence-corrected chi connectivity index (χ2v) is 30.3. The summed E-state index contributed by atoms with van der Waals surface area (Å²) in [6.45, 7) is 32.0. The fourth-order valence-corrected chi connectivity index (χ4v) is 3.12. The Labute approximate surface area is 273 Å². The average molecular weight is 674 g/mol. The van der Waals surface area contributed by atoms with E-state index < -0.39 is 33.7 Å². The van der Waals surface area contributed by atoms with Gasteiger partial charge in [-0.25, -0.2) is 0 Å². The number of hydrogen-bond donors (Lipinski definition) is 0. The minimum absolute atomic E-state index is 0. The monoisotopic (exact) mass is 673 g/mol. The highest BCUT2D eigenvalue weighted by Crippen LogP contribution is 2.12. The van der Waals surface area contributed by atoms with Gasteiger partial charge in [0, 0.05) is 47.0 Å². The van der Waals surface area contributed by atoms with Crippen LogP contribution in [0, 0.1) is 0 Å². The Bertz CT molecular complexity index is 300. The van der Waals surface area contributed by atoms with Gasteiger partial charge in [-0.1, -0.05) is 171 Å². The van der Waals surface area contributed by atoms with E-state index >= 15 is 0 Å². The highest BCUT2D eigenvalue weighted by Gasteiger charge is 2.24. The van der Waals surface area contributed by atoms with Crippen molar-refractivity contribution in [2.24, 2.45) is 0 Å². The van der Waals surface area contributed by atoms with E-state index in [0.29, 0.717) is 9.52 Å². The van der Waals surface area contributed by atoms with Gasteiger partial charge in [0.1, 0.15) is 0 Å². The summed E-state index contributed by atoms with van der Waals surface area (Å²) in [5, 5.41) is 0. The Morgan fingerprint density at radius 2 is 0.750 bits per heavy atom. The Hall–Kier alpha value is 0.964. The lowest BCUT2D eigenvalue weighted by atomic mass is 10.9. The SMILES string of the molecule is C.C.C.C.C.C.C.C.CC[SiH2]C.CC[SiH](C)OC.CC[Si](C)(C)CC.CC[Si](C)(C)CC.CC[Si](C)(OC)OC. The maximum atomic E-state index is 5.15. The standard InChI is InChI=1S/2C6H16Si.C5H14O2Si.C4H12OSi.C3H10Si.8CH4/c2*1-5-7(3,4)6-2;1-5-8(4,6-2)7-3;1-4-6(3)5-2;1-3-4-2;;;;;;;;/h2*5-6H2,1-4H3;5H2,1-4H3;6H,4H2,1-3H3;3-4H2,1-2H3;8*1H4. The third-order valence-corrected chi connectivity index (χ3v) is 20.4. The molecule has 0 aliphatic rings. The lowest BCUT2D eigenvalue weighted by molar-refractivity contribution is 0.251. The van der Waals surface area contributed by atoms with Crippen molar-refractivity contribution in [2.45, 2.75) is 196 Å². The maximum absolute atomic E-state index is 5.15. The first kappa shape index (κ1) is 83.7. The molecule has 3 nitrogen and oxygen atoms in total. The molecular formula is C32H100O3Si5. The van der Waals surface area contributed by atoms with Gasteiger partial charge in [-0.3, -0.25) is 0 Å². The van der Waals surface area contributed by atoms with E-state index in [1.54, 1.807) is 21.3 Å². The van der Waals surface area contributed by atoms with Gasteiger partial charge >= 0.3 is 8.56 Å².